The molecule has 0 aromatic heterocycles. The summed E-state index contributed by atoms with van der Waals surface area (Å²) in [5.74, 6) is -0.797. The molecule has 6 heteroatoms. The molecule has 2 rings (SSSR count). The molecule has 1 saturated heterocycles. The molecule has 1 aromatic carbocycles. The molecule has 1 heterocycles. The van der Waals surface area contributed by atoms with Crippen molar-refractivity contribution in [2.75, 3.05) is 25.5 Å². The number of carbonyl (C=O) groups is 2. The van der Waals surface area contributed by atoms with Crippen LogP contribution in [0.25, 0.3) is 0 Å². The van der Waals surface area contributed by atoms with Crippen LogP contribution in [0.4, 0.5) is 5.69 Å². The van der Waals surface area contributed by atoms with Crippen LogP contribution in [-0.4, -0.2) is 37.2 Å². The standard InChI is InChI=1S/C13H16N2O4/c1-19-11-3-2-8(13(17)18)6-10(11)15-12(16)9-4-5-14-7-9/h2-3,6,9,14H,4-5,7H2,1H3,(H,15,16)(H,17,18). The van der Waals surface area contributed by atoms with Crippen LogP contribution in [0.3, 0.4) is 0 Å². The SMILES string of the molecule is COc1ccc(C(=O)O)cc1NC(=O)C1CCNC1. The Labute approximate surface area is 110 Å². The van der Waals surface area contributed by atoms with Gasteiger partial charge in [-0.15, -0.1) is 0 Å². The first-order chi connectivity index (χ1) is 9.11. The highest BCUT2D eigenvalue weighted by atomic mass is 16.5. The molecular weight excluding hydrogens is 248 g/mol. The van der Waals surface area contributed by atoms with Gasteiger partial charge in [0.15, 0.2) is 0 Å². The first-order valence-electron chi connectivity index (χ1n) is 6.04. The first kappa shape index (κ1) is 13.4. The fourth-order valence-electron chi connectivity index (χ4n) is 2.05. The largest absolute Gasteiger partial charge is 0.495 e. The van der Waals surface area contributed by atoms with Gasteiger partial charge in [0.05, 0.1) is 24.3 Å². The van der Waals surface area contributed by atoms with Crippen molar-refractivity contribution in [3.8, 4) is 5.75 Å². The number of carbonyl (C=O) groups excluding carboxylic acids is 1. The van der Waals surface area contributed by atoms with Gasteiger partial charge in [-0.25, -0.2) is 4.79 Å². The molecule has 1 aliphatic heterocycles. The van der Waals surface area contributed by atoms with Crippen molar-refractivity contribution in [1.82, 2.24) is 5.32 Å². The van der Waals surface area contributed by atoms with Crippen LogP contribution in [0, 0.1) is 5.92 Å². The third kappa shape index (κ3) is 3.03. The van der Waals surface area contributed by atoms with Crippen LogP contribution in [0.1, 0.15) is 16.8 Å². The van der Waals surface area contributed by atoms with Crippen molar-refractivity contribution in [3.63, 3.8) is 0 Å². The number of carboxylic acid groups (broad SMARTS) is 1. The summed E-state index contributed by atoms with van der Waals surface area (Å²) in [7, 11) is 1.47. The van der Waals surface area contributed by atoms with Crippen LogP contribution in [-0.2, 0) is 4.79 Å². The molecule has 1 aliphatic rings. The predicted octanol–water partition coefficient (Wildman–Crippen LogP) is 0.941. The molecule has 1 atom stereocenters. The highest BCUT2D eigenvalue weighted by molar-refractivity contribution is 5.96. The summed E-state index contributed by atoms with van der Waals surface area (Å²) in [6.07, 6.45) is 0.784. The molecular formula is C13H16N2O4. The lowest BCUT2D eigenvalue weighted by Gasteiger charge is -2.13. The monoisotopic (exact) mass is 264 g/mol. The fourth-order valence-corrected chi connectivity index (χ4v) is 2.05. The number of rotatable bonds is 4. The van der Waals surface area contributed by atoms with Crippen molar-refractivity contribution < 1.29 is 19.4 Å². The van der Waals surface area contributed by atoms with E-state index in [1.54, 1.807) is 0 Å². The van der Waals surface area contributed by atoms with Gasteiger partial charge in [0.2, 0.25) is 5.91 Å². The van der Waals surface area contributed by atoms with Crippen LogP contribution in [0.2, 0.25) is 0 Å². The lowest BCUT2D eigenvalue weighted by molar-refractivity contribution is -0.119. The molecule has 3 N–H and O–H groups in total. The number of aromatic carboxylic acids is 1. The maximum Gasteiger partial charge on any atom is 0.335 e. The van der Waals surface area contributed by atoms with E-state index in [1.807, 2.05) is 0 Å². The van der Waals surface area contributed by atoms with Gasteiger partial charge in [-0.3, -0.25) is 4.79 Å². The third-order valence-corrected chi connectivity index (χ3v) is 3.14. The zero-order chi connectivity index (χ0) is 13.8. The van der Waals surface area contributed by atoms with Crippen molar-refractivity contribution in [1.29, 1.82) is 0 Å². The Morgan fingerprint density at radius 1 is 1.47 bits per heavy atom. The molecule has 1 unspecified atom stereocenters. The summed E-state index contributed by atoms with van der Waals surface area (Å²) < 4.78 is 5.12. The topological polar surface area (TPSA) is 87.7 Å². The van der Waals surface area contributed by atoms with Gasteiger partial charge in [-0.05, 0) is 31.2 Å². The molecule has 0 aliphatic carbocycles. The second-order valence-corrected chi connectivity index (χ2v) is 4.40. The van der Waals surface area contributed by atoms with Crippen LogP contribution < -0.4 is 15.4 Å². The Kier molecular flexibility index (Phi) is 4.01. The number of ether oxygens (including phenoxy) is 1. The fraction of sp³-hybridized carbons (Fsp3) is 0.385. The predicted molar refractivity (Wildman–Crippen MR) is 69.6 cm³/mol. The molecule has 0 radical (unpaired) electrons. The van der Waals surface area contributed by atoms with Gasteiger partial charge in [0, 0.05) is 6.54 Å². The highest BCUT2D eigenvalue weighted by Crippen LogP contribution is 2.26. The molecule has 0 spiro atoms. The smallest absolute Gasteiger partial charge is 0.335 e. The van der Waals surface area contributed by atoms with Crippen molar-refractivity contribution in [3.05, 3.63) is 23.8 Å². The molecule has 1 aromatic rings. The van der Waals surface area contributed by atoms with Gasteiger partial charge in [0.25, 0.3) is 0 Å². The molecule has 0 saturated carbocycles. The summed E-state index contributed by atoms with van der Waals surface area (Å²) in [6.45, 7) is 1.47. The van der Waals surface area contributed by atoms with Gasteiger partial charge >= 0.3 is 5.97 Å². The Morgan fingerprint density at radius 2 is 2.26 bits per heavy atom. The van der Waals surface area contributed by atoms with Crippen molar-refractivity contribution in [2.24, 2.45) is 5.92 Å². The molecule has 102 valence electrons. The van der Waals surface area contributed by atoms with Crippen molar-refractivity contribution >= 4 is 17.6 Å². The van der Waals surface area contributed by atoms with Crippen molar-refractivity contribution in [2.45, 2.75) is 6.42 Å². The minimum absolute atomic E-state index is 0.0850. The molecule has 1 fully saturated rings. The molecule has 1 amide bonds. The summed E-state index contributed by atoms with van der Waals surface area (Å²) in [6, 6.07) is 4.38. The van der Waals surface area contributed by atoms with E-state index in [1.165, 1.54) is 25.3 Å². The van der Waals surface area contributed by atoms with E-state index in [0.717, 1.165) is 13.0 Å². The number of benzene rings is 1. The number of nitrogens with one attached hydrogen (secondary N) is 2. The highest BCUT2D eigenvalue weighted by Gasteiger charge is 2.23. The summed E-state index contributed by atoms with van der Waals surface area (Å²) in [4.78, 5) is 22.9. The first-order valence-corrected chi connectivity index (χ1v) is 6.04. The Morgan fingerprint density at radius 3 is 2.84 bits per heavy atom. The maximum atomic E-state index is 12.0. The van der Waals surface area contributed by atoms with Gasteiger partial charge in [0.1, 0.15) is 5.75 Å². The zero-order valence-corrected chi connectivity index (χ0v) is 10.6. The van der Waals surface area contributed by atoms with Crippen LogP contribution >= 0.6 is 0 Å². The minimum Gasteiger partial charge on any atom is -0.495 e. The number of carboxylic acids is 1. The van der Waals surface area contributed by atoms with E-state index >= 15 is 0 Å². The number of anilines is 1. The lowest BCUT2D eigenvalue weighted by atomic mass is 10.1. The minimum atomic E-state index is -1.04. The normalized spacial score (nSPS) is 18.1. The molecule has 19 heavy (non-hydrogen) atoms. The molecule has 0 bridgehead atoms. The van der Waals surface area contributed by atoms with Gasteiger partial charge in [-0.2, -0.15) is 0 Å². The van der Waals surface area contributed by atoms with E-state index in [0.29, 0.717) is 18.0 Å². The maximum absolute atomic E-state index is 12.0. The quantitative estimate of drug-likeness (QED) is 0.753. The lowest BCUT2D eigenvalue weighted by Crippen LogP contribution is -2.25. The Balaban J connectivity index is 2.19. The van der Waals surface area contributed by atoms with E-state index in [2.05, 4.69) is 10.6 Å². The summed E-state index contributed by atoms with van der Waals surface area (Å²) >= 11 is 0. The van der Waals surface area contributed by atoms with Crippen LogP contribution in [0.15, 0.2) is 18.2 Å². The second-order valence-electron chi connectivity index (χ2n) is 4.40. The van der Waals surface area contributed by atoms with E-state index in [4.69, 9.17) is 9.84 Å². The Hall–Kier alpha value is -2.08. The van der Waals surface area contributed by atoms with Gasteiger partial charge in [-0.1, -0.05) is 0 Å². The average Bonchev–Trinajstić information content (AvgIpc) is 2.92. The number of hydrogen-bond acceptors (Lipinski definition) is 4. The number of hydrogen-bond donors (Lipinski definition) is 3. The van der Waals surface area contributed by atoms with E-state index in [9.17, 15) is 9.59 Å². The van der Waals surface area contributed by atoms with Crippen LogP contribution in [0.5, 0.6) is 5.75 Å². The third-order valence-electron chi connectivity index (χ3n) is 3.14. The summed E-state index contributed by atoms with van der Waals surface area (Å²) in [5, 5.41) is 14.8. The second kappa shape index (κ2) is 5.71. The van der Waals surface area contributed by atoms with E-state index < -0.39 is 5.97 Å². The number of methoxy groups -OCH3 is 1. The Bertz CT molecular complexity index is 495. The average molecular weight is 264 g/mol. The van der Waals surface area contributed by atoms with Gasteiger partial charge < -0.3 is 20.5 Å². The van der Waals surface area contributed by atoms with E-state index in [-0.39, 0.29) is 17.4 Å². The summed E-state index contributed by atoms with van der Waals surface area (Å²) in [5.41, 5.74) is 0.500. The zero-order valence-electron chi connectivity index (χ0n) is 10.6. The molecule has 6 nitrogen and oxygen atoms in total. The number of amides is 1.